The quantitative estimate of drug-likeness (QED) is 0.696. The maximum atomic E-state index is 13.1. The normalized spacial score (nSPS) is 10.3. The van der Waals surface area contributed by atoms with Crippen molar-refractivity contribution in [1.82, 2.24) is 9.78 Å². The van der Waals surface area contributed by atoms with Gasteiger partial charge in [0.2, 0.25) is 0 Å². The Labute approximate surface area is 133 Å². The Kier molecular flexibility index (Phi) is 4.03. The maximum absolute atomic E-state index is 13.1. The molecule has 0 bridgehead atoms. The first-order valence-corrected chi connectivity index (χ1v) is 7.06. The van der Waals surface area contributed by atoms with E-state index >= 15 is 0 Å². The van der Waals surface area contributed by atoms with E-state index in [0.29, 0.717) is 16.8 Å². The Morgan fingerprint density at radius 2 is 1.74 bits per heavy atom. The van der Waals surface area contributed by atoms with E-state index in [4.69, 9.17) is 6.42 Å². The van der Waals surface area contributed by atoms with Crippen molar-refractivity contribution in [2.45, 2.75) is 6.54 Å². The van der Waals surface area contributed by atoms with Crippen molar-refractivity contribution in [3.05, 3.63) is 76.8 Å². The van der Waals surface area contributed by atoms with Gasteiger partial charge in [-0.15, -0.1) is 6.42 Å². The Hall–Kier alpha value is -3.19. The van der Waals surface area contributed by atoms with Crippen LogP contribution in [0.2, 0.25) is 0 Å². The summed E-state index contributed by atoms with van der Waals surface area (Å²) in [6.07, 6.45) is 5.33. The molecule has 4 heteroatoms. The number of nitrogens with zero attached hydrogens (tertiary/aromatic N) is 2. The fourth-order valence-electron chi connectivity index (χ4n) is 2.32. The second-order valence-electron chi connectivity index (χ2n) is 4.98. The highest BCUT2D eigenvalue weighted by Gasteiger charge is 2.11. The van der Waals surface area contributed by atoms with Gasteiger partial charge in [-0.1, -0.05) is 36.3 Å². The van der Waals surface area contributed by atoms with Crippen LogP contribution in [0, 0.1) is 18.2 Å². The summed E-state index contributed by atoms with van der Waals surface area (Å²) in [4.78, 5) is 12.5. The second kappa shape index (κ2) is 6.29. The molecule has 112 valence electrons. The Morgan fingerprint density at radius 3 is 2.39 bits per heavy atom. The van der Waals surface area contributed by atoms with Crippen LogP contribution >= 0.6 is 0 Å². The zero-order chi connectivity index (χ0) is 16.2. The van der Waals surface area contributed by atoms with E-state index in [9.17, 15) is 9.18 Å². The summed E-state index contributed by atoms with van der Waals surface area (Å²) in [5.74, 6) is 2.11. The molecule has 3 rings (SSSR count). The minimum Gasteiger partial charge on any atom is -0.267 e. The SMILES string of the molecule is C#CCn1nc(-c2ccc(F)cc2)cc(-c2ccccc2)c1=O. The number of rotatable bonds is 3. The van der Waals surface area contributed by atoms with Crippen molar-refractivity contribution in [2.75, 3.05) is 0 Å². The molecule has 3 aromatic rings. The van der Waals surface area contributed by atoms with Gasteiger partial charge >= 0.3 is 0 Å². The van der Waals surface area contributed by atoms with Gasteiger partial charge in [-0.05, 0) is 35.9 Å². The highest BCUT2D eigenvalue weighted by atomic mass is 19.1. The van der Waals surface area contributed by atoms with Gasteiger partial charge in [0, 0.05) is 5.56 Å². The lowest BCUT2D eigenvalue weighted by Gasteiger charge is -2.09. The van der Waals surface area contributed by atoms with Gasteiger partial charge in [0.1, 0.15) is 12.4 Å². The molecule has 0 unspecified atom stereocenters. The van der Waals surface area contributed by atoms with Crippen LogP contribution in [0.1, 0.15) is 0 Å². The van der Waals surface area contributed by atoms with Gasteiger partial charge in [0.25, 0.3) is 5.56 Å². The van der Waals surface area contributed by atoms with E-state index in [-0.39, 0.29) is 17.9 Å². The molecule has 0 amide bonds. The number of hydrogen-bond donors (Lipinski definition) is 0. The molecule has 2 aromatic carbocycles. The van der Waals surface area contributed by atoms with Crippen molar-refractivity contribution in [1.29, 1.82) is 0 Å². The first-order chi connectivity index (χ1) is 11.2. The van der Waals surface area contributed by atoms with Crippen LogP contribution in [-0.2, 0) is 6.54 Å². The van der Waals surface area contributed by atoms with E-state index in [1.807, 2.05) is 30.3 Å². The predicted octanol–water partition coefficient (Wildman–Crippen LogP) is 3.35. The second-order valence-corrected chi connectivity index (χ2v) is 4.98. The number of benzene rings is 2. The largest absolute Gasteiger partial charge is 0.275 e. The fraction of sp³-hybridized carbons (Fsp3) is 0.0526. The van der Waals surface area contributed by atoms with Gasteiger partial charge in [-0.2, -0.15) is 5.10 Å². The van der Waals surface area contributed by atoms with Crippen LogP contribution in [-0.4, -0.2) is 9.78 Å². The molecule has 0 saturated heterocycles. The number of hydrogen-bond acceptors (Lipinski definition) is 2. The molecule has 0 radical (unpaired) electrons. The molecular weight excluding hydrogens is 291 g/mol. The Morgan fingerprint density at radius 1 is 1.04 bits per heavy atom. The number of halogens is 1. The van der Waals surface area contributed by atoms with Crippen LogP contribution < -0.4 is 5.56 Å². The molecule has 0 atom stereocenters. The molecule has 0 aliphatic heterocycles. The molecule has 0 saturated carbocycles. The summed E-state index contributed by atoms with van der Waals surface area (Å²) in [5.41, 5.74) is 2.33. The molecule has 0 aliphatic carbocycles. The van der Waals surface area contributed by atoms with E-state index in [1.165, 1.54) is 16.8 Å². The predicted molar refractivity (Wildman–Crippen MR) is 88.2 cm³/mol. The molecule has 1 heterocycles. The molecule has 0 fully saturated rings. The van der Waals surface area contributed by atoms with Gasteiger partial charge in [0.05, 0.1) is 11.3 Å². The zero-order valence-corrected chi connectivity index (χ0v) is 12.2. The minimum atomic E-state index is -0.325. The fourth-order valence-corrected chi connectivity index (χ4v) is 2.32. The van der Waals surface area contributed by atoms with Crippen molar-refractivity contribution in [2.24, 2.45) is 0 Å². The summed E-state index contributed by atoms with van der Waals surface area (Å²) >= 11 is 0. The van der Waals surface area contributed by atoms with Crippen LogP contribution in [0.25, 0.3) is 22.4 Å². The van der Waals surface area contributed by atoms with Crippen LogP contribution in [0.4, 0.5) is 4.39 Å². The lowest BCUT2D eigenvalue weighted by molar-refractivity contribution is 0.628. The molecular formula is C19H13FN2O. The molecule has 0 aliphatic rings. The summed E-state index contributed by atoms with van der Waals surface area (Å²) < 4.78 is 14.4. The summed E-state index contributed by atoms with van der Waals surface area (Å²) in [7, 11) is 0. The highest BCUT2D eigenvalue weighted by molar-refractivity contribution is 5.69. The third-order valence-corrected chi connectivity index (χ3v) is 3.44. The van der Waals surface area contributed by atoms with Crippen LogP contribution in [0.5, 0.6) is 0 Å². The lowest BCUT2D eigenvalue weighted by Crippen LogP contribution is -2.24. The van der Waals surface area contributed by atoms with Crippen molar-refractivity contribution >= 4 is 0 Å². The average Bonchev–Trinajstić information content (AvgIpc) is 2.58. The minimum absolute atomic E-state index is 0.0771. The third kappa shape index (κ3) is 3.04. The van der Waals surface area contributed by atoms with E-state index in [2.05, 4.69) is 11.0 Å². The molecule has 23 heavy (non-hydrogen) atoms. The zero-order valence-electron chi connectivity index (χ0n) is 12.2. The number of terminal acetylenes is 1. The topological polar surface area (TPSA) is 34.9 Å². The van der Waals surface area contributed by atoms with Gasteiger partial charge < -0.3 is 0 Å². The highest BCUT2D eigenvalue weighted by Crippen LogP contribution is 2.22. The van der Waals surface area contributed by atoms with Crippen molar-refractivity contribution < 1.29 is 4.39 Å². The van der Waals surface area contributed by atoms with Crippen LogP contribution in [0.3, 0.4) is 0 Å². The molecule has 1 aromatic heterocycles. The first-order valence-electron chi connectivity index (χ1n) is 7.06. The Balaban J connectivity index is 2.22. The summed E-state index contributed by atoms with van der Waals surface area (Å²) in [6.45, 7) is 0.0771. The number of aromatic nitrogens is 2. The smallest absolute Gasteiger partial charge is 0.267 e. The maximum Gasteiger partial charge on any atom is 0.275 e. The average molecular weight is 304 g/mol. The molecule has 0 N–H and O–H groups in total. The molecule has 3 nitrogen and oxygen atoms in total. The van der Waals surface area contributed by atoms with Gasteiger partial charge in [0.15, 0.2) is 0 Å². The van der Waals surface area contributed by atoms with Gasteiger partial charge in [-0.25, -0.2) is 9.07 Å². The Bertz CT molecular complexity index is 922. The summed E-state index contributed by atoms with van der Waals surface area (Å²) in [5, 5.41) is 4.29. The van der Waals surface area contributed by atoms with E-state index < -0.39 is 0 Å². The standard InChI is InChI=1S/C19H13FN2O/c1-2-12-22-19(23)17(14-6-4-3-5-7-14)13-18(21-22)15-8-10-16(20)11-9-15/h1,3-11,13H,12H2. The lowest BCUT2D eigenvalue weighted by atomic mass is 10.0. The monoisotopic (exact) mass is 304 g/mol. The van der Waals surface area contributed by atoms with Gasteiger partial charge in [-0.3, -0.25) is 4.79 Å². The van der Waals surface area contributed by atoms with Crippen LogP contribution in [0.15, 0.2) is 65.5 Å². The van der Waals surface area contributed by atoms with E-state index in [0.717, 1.165) is 5.56 Å². The van der Waals surface area contributed by atoms with Crippen molar-refractivity contribution in [3.8, 4) is 34.7 Å². The third-order valence-electron chi connectivity index (χ3n) is 3.44. The molecule has 0 spiro atoms. The summed E-state index contributed by atoms with van der Waals surface area (Å²) in [6, 6.07) is 17.0. The van der Waals surface area contributed by atoms with Crippen molar-refractivity contribution in [3.63, 3.8) is 0 Å². The first kappa shape index (κ1) is 14.7. The van der Waals surface area contributed by atoms with E-state index in [1.54, 1.807) is 18.2 Å².